The Hall–Kier alpha value is -3.20. The molecule has 0 aromatic carbocycles. The molecule has 0 atom stereocenters. The van der Waals surface area contributed by atoms with Crippen molar-refractivity contribution in [2.24, 2.45) is 0 Å². The van der Waals surface area contributed by atoms with Gasteiger partial charge in [0.2, 0.25) is 5.95 Å². The SMILES string of the molecule is CNc1nc(NC2CCC(C)(O)CC2)nc2[nH]cc(-c3ccc4nccn4n3)c12. The number of anilines is 2. The number of H-pyrrole nitrogens is 1. The second-order valence-corrected chi connectivity index (χ2v) is 7.94. The maximum atomic E-state index is 10.2. The van der Waals surface area contributed by atoms with E-state index in [2.05, 4.69) is 30.7 Å². The van der Waals surface area contributed by atoms with E-state index >= 15 is 0 Å². The van der Waals surface area contributed by atoms with Crippen LogP contribution in [0.3, 0.4) is 0 Å². The zero-order valence-corrected chi connectivity index (χ0v) is 16.5. The average molecular weight is 392 g/mol. The molecule has 0 amide bonds. The van der Waals surface area contributed by atoms with Crippen LogP contribution < -0.4 is 10.6 Å². The van der Waals surface area contributed by atoms with Crippen LogP contribution in [0.25, 0.3) is 27.9 Å². The minimum Gasteiger partial charge on any atom is -0.390 e. The number of aliphatic hydroxyl groups is 1. The lowest BCUT2D eigenvalue weighted by atomic mass is 9.84. The van der Waals surface area contributed by atoms with Crippen molar-refractivity contribution in [2.75, 3.05) is 17.7 Å². The fourth-order valence-corrected chi connectivity index (χ4v) is 4.01. The number of aromatic nitrogens is 6. The summed E-state index contributed by atoms with van der Waals surface area (Å²) in [6.45, 7) is 1.90. The molecule has 9 nitrogen and oxygen atoms in total. The first-order valence-corrected chi connectivity index (χ1v) is 9.89. The number of hydrogen-bond acceptors (Lipinski definition) is 7. The normalized spacial score (nSPS) is 22.2. The maximum Gasteiger partial charge on any atom is 0.226 e. The predicted molar refractivity (Wildman–Crippen MR) is 112 cm³/mol. The zero-order chi connectivity index (χ0) is 20.0. The van der Waals surface area contributed by atoms with E-state index in [4.69, 9.17) is 4.98 Å². The minimum absolute atomic E-state index is 0.261. The fraction of sp³-hybridized carbons (Fsp3) is 0.400. The quantitative estimate of drug-likeness (QED) is 0.422. The molecule has 1 aliphatic rings. The van der Waals surface area contributed by atoms with E-state index < -0.39 is 5.60 Å². The van der Waals surface area contributed by atoms with E-state index in [0.717, 1.165) is 59.4 Å². The number of rotatable bonds is 4. The number of hydrogen-bond donors (Lipinski definition) is 4. The van der Waals surface area contributed by atoms with Crippen molar-refractivity contribution < 1.29 is 5.11 Å². The fourth-order valence-electron chi connectivity index (χ4n) is 4.01. The number of nitrogens with zero attached hydrogens (tertiary/aromatic N) is 5. The van der Waals surface area contributed by atoms with Crippen LogP contribution in [0.1, 0.15) is 32.6 Å². The van der Waals surface area contributed by atoms with Crippen molar-refractivity contribution >= 4 is 28.4 Å². The van der Waals surface area contributed by atoms with E-state index in [1.165, 1.54) is 0 Å². The molecule has 1 aliphatic carbocycles. The highest BCUT2D eigenvalue weighted by molar-refractivity contribution is 6.00. The summed E-state index contributed by atoms with van der Waals surface area (Å²) in [6.07, 6.45) is 8.82. The first-order valence-electron chi connectivity index (χ1n) is 9.89. The van der Waals surface area contributed by atoms with Gasteiger partial charge in [-0.1, -0.05) is 0 Å². The monoisotopic (exact) mass is 392 g/mol. The van der Waals surface area contributed by atoms with Gasteiger partial charge >= 0.3 is 0 Å². The van der Waals surface area contributed by atoms with Crippen LogP contribution in [0.15, 0.2) is 30.7 Å². The molecule has 5 rings (SSSR count). The lowest BCUT2D eigenvalue weighted by molar-refractivity contribution is 0.0196. The van der Waals surface area contributed by atoms with E-state index in [1.807, 2.05) is 38.5 Å². The molecule has 4 heterocycles. The molecule has 0 bridgehead atoms. The number of aromatic amines is 1. The highest BCUT2D eigenvalue weighted by Crippen LogP contribution is 2.33. The van der Waals surface area contributed by atoms with Crippen molar-refractivity contribution in [1.29, 1.82) is 0 Å². The molecule has 4 aromatic rings. The molecule has 0 saturated heterocycles. The zero-order valence-electron chi connectivity index (χ0n) is 16.5. The Morgan fingerprint density at radius 1 is 1.24 bits per heavy atom. The van der Waals surface area contributed by atoms with Crippen molar-refractivity contribution in [2.45, 2.75) is 44.2 Å². The molecule has 0 spiro atoms. The van der Waals surface area contributed by atoms with E-state index in [0.29, 0.717) is 5.95 Å². The van der Waals surface area contributed by atoms with Crippen LogP contribution in [-0.4, -0.2) is 53.3 Å². The lowest BCUT2D eigenvalue weighted by Gasteiger charge is -2.33. The number of fused-ring (bicyclic) bond motifs is 2. The van der Waals surface area contributed by atoms with Gasteiger partial charge in [-0.05, 0) is 44.7 Å². The summed E-state index contributed by atoms with van der Waals surface area (Å²) in [4.78, 5) is 16.9. The van der Waals surface area contributed by atoms with Crippen molar-refractivity contribution in [3.8, 4) is 11.3 Å². The molecule has 150 valence electrons. The Kier molecular flexibility index (Phi) is 4.13. The molecule has 0 radical (unpaired) electrons. The van der Waals surface area contributed by atoms with Crippen LogP contribution in [0.4, 0.5) is 11.8 Å². The van der Waals surface area contributed by atoms with Crippen LogP contribution in [0.2, 0.25) is 0 Å². The standard InChI is InChI=1S/C20H24N8O/c1-20(29)7-5-12(6-8-20)24-19-25-17(21-2)16-13(11-23-18(16)26-19)14-3-4-15-22-9-10-28(15)27-14/h3-4,9-12,29H,5-8H2,1-2H3,(H3,21,23,24,25,26). The molecule has 1 saturated carbocycles. The summed E-state index contributed by atoms with van der Waals surface area (Å²) >= 11 is 0. The first kappa shape index (κ1) is 17.9. The van der Waals surface area contributed by atoms with E-state index in [1.54, 1.807) is 10.7 Å². The third-order valence-electron chi connectivity index (χ3n) is 5.70. The molecular formula is C20H24N8O. The Bertz CT molecular complexity index is 1170. The predicted octanol–water partition coefficient (Wildman–Crippen LogP) is 2.81. The Morgan fingerprint density at radius 2 is 2.07 bits per heavy atom. The third kappa shape index (κ3) is 3.27. The minimum atomic E-state index is -0.559. The van der Waals surface area contributed by atoms with Gasteiger partial charge in [0, 0.05) is 37.2 Å². The topological polar surface area (TPSA) is 116 Å². The van der Waals surface area contributed by atoms with Crippen molar-refractivity contribution in [3.05, 3.63) is 30.7 Å². The second kappa shape index (κ2) is 6.70. The maximum absolute atomic E-state index is 10.2. The van der Waals surface area contributed by atoms with Gasteiger partial charge in [-0.25, -0.2) is 9.50 Å². The first-order chi connectivity index (χ1) is 14.0. The molecule has 1 fully saturated rings. The molecule has 0 aliphatic heterocycles. The van der Waals surface area contributed by atoms with Crippen LogP contribution >= 0.6 is 0 Å². The smallest absolute Gasteiger partial charge is 0.226 e. The summed E-state index contributed by atoms with van der Waals surface area (Å²) in [5.74, 6) is 1.32. The Balaban J connectivity index is 1.49. The Morgan fingerprint density at radius 3 is 2.86 bits per heavy atom. The van der Waals surface area contributed by atoms with Crippen LogP contribution in [-0.2, 0) is 0 Å². The van der Waals surface area contributed by atoms with Crippen molar-refractivity contribution in [1.82, 2.24) is 29.5 Å². The summed E-state index contributed by atoms with van der Waals surface area (Å²) in [5, 5.41) is 22.3. The lowest BCUT2D eigenvalue weighted by Crippen LogP contribution is -2.36. The summed E-state index contributed by atoms with van der Waals surface area (Å²) in [6, 6.07) is 4.15. The average Bonchev–Trinajstić information content (AvgIpc) is 3.35. The molecule has 9 heteroatoms. The summed E-state index contributed by atoms with van der Waals surface area (Å²) in [5.41, 5.74) is 2.74. The summed E-state index contributed by atoms with van der Waals surface area (Å²) in [7, 11) is 1.85. The van der Waals surface area contributed by atoms with E-state index in [-0.39, 0.29) is 6.04 Å². The molecule has 0 unspecified atom stereocenters. The van der Waals surface area contributed by atoms with Crippen LogP contribution in [0.5, 0.6) is 0 Å². The number of imidazole rings is 1. The summed E-state index contributed by atoms with van der Waals surface area (Å²) < 4.78 is 1.75. The van der Waals surface area contributed by atoms with Crippen LogP contribution in [0, 0.1) is 0 Å². The van der Waals surface area contributed by atoms with E-state index in [9.17, 15) is 5.11 Å². The van der Waals surface area contributed by atoms with Gasteiger partial charge in [0.1, 0.15) is 11.5 Å². The largest absolute Gasteiger partial charge is 0.390 e. The van der Waals surface area contributed by atoms with Gasteiger partial charge in [0.05, 0.1) is 16.7 Å². The molecule has 4 aromatic heterocycles. The highest BCUT2D eigenvalue weighted by Gasteiger charge is 2.29. The number of nitrogens with one attached hydrogen (secondary N) is 3. The highest BCUT2D eigenvalue weighted by atomic mass is 16.3. The third-order valence-corrected chi connectivity index (χ3v) is 5.70. The second-order valence-electron chi connectivity index (χ2n) is 7.94. The molecule has 29 heavy (non-hydrogen) atoms. The van der Waals surface area contributed by atoms with Gasteiger partial charge in [0.25, 0.3) is 0 Å². The van der Waals surface area contributed by atoms with Gasteiger partial charge < -0.3 is 20.7 Å². The van der Waals surface area contributed by atoms with Crippen molar-refractivity contribution in [3.63, 3.8) is 0 Å². The van der Waals surface area contributed by atoms with Gasteiger partial charge in [-0.15, -0.1) is 0 Å². The van der Waals surface area contributed by atoms with Gasteiger partial charge in [-0.3, -0.25) is 0 Å². The molecular weight excluding hydrogens is 368 g/mol. The molecule has 4 N–H and O–H groups in total. The van der Waals surface area contributed by atoms with Gasteiger partial charge in [-0.2, -0.15) is 15.1 Å². The Labute approximate surface area is 167 Å². The van der Waals surface area contributed by atoms with Gasteiger partial charge in [0.15, 0.2) is 5.65 Å².